The first-order chi connectivity index (χ1) is 15.7. The zero-order chi connectivity index (χ0) is 24.1. The van der Waals surface area contributed by atoms with Crippen molar-refractivity contribution in [1.29, 1.82) is 21.2 Å². The molecule has 0 amide bonds. The van der Waals surface area contributed by atoms with Gasteiger partial charge in [-0.1, -0.05) is 49.4 Å². The minimum atomic E-state index is -4.58. The number of halogens is 3. The van der Waals surface area contributed by atoms with Crippen LogP contribution in [0.15, 0.2) is 54.6 Å². The van der Waals surface area contributed by atoms with Crippen molar-refractivity contribution in [3.05, 3.63) is 71.3 Å². The van der Waals surface area contributed by atoms with Crippen LogP contribution in [0.3, 0.4) is 0 Å². The van der Waals surface area contributed by atoms with Crippen LogP contribution in [-0.4, -0.2) is 5.90 Å². The van der Waals surface area contributed by atoms with E-state index in [1.165, 1.54) is 0 Å². The highest BCUT2D eigenvalue weighted by molar-refractivity contribution is 5.89. The van der Waals surface area contributed by atoms with Gasteiger partial charge in [-0.05, 0) is 24.1 Å². The third-order valence-electron chi connectivity index (χ3n) is 6.56. The van der Waals surface area contributed by atoms with Gasteiger partial charge in [0.2, 0.25) is 17.1 Å². The average molecular weight is 450 g/mol. The van der Waals surface area contributed by atoms with Crippen LogP contribution in [0.2, 0.25) is 0 Å². The second-order valence-electron chi connectivity index (χ2n) is 7.99. The molecule has 2 bridgehead atoms. The van der Waals surface area contributed by atoms with E-state index < -0.39 is 46.3 Å². The smallest absolute Gasteiger partial charge is 0.416 e. The monoisotopic (exact) mass is 450 g/mol. The van der Waals surface area contributed by atoms with Gasteiger partial charge in [0.1, 0.15) is 6.10 Å². The number of nitrogens with zero attached hydrogens (tertiary/aromatic N) is 3. The van der Waals surface area contributed by atoms with Gasteiger partial charge in [-0.3, -0.25) is 5.41 Å². The predicted molar refractivity (Wildman–Crippen MR) is 108 cm³/mol. The SMILES string of the molecule is CCC1C2(c3ccccc3)OC(=N)C1(C#N)C(C#N)(C#N)C(c1ccc(C(F)(F)F)cc1)O2. The predicted octanol–water partition coefficient (Wildman–Crippen LogP) is 5.21. The number of benzene rings is 2. The third-order valence-corrected chi connectivity index (χ3v) is 6.56. The fraction of sp³-hybridized carbons (Fsp3) is 0.333. The molecule has 0 aliphatic carbocycles. The molecule has 2 aliphatic rings. The summed E-state index contributed by atoms with van der Waals surface area (Å²) in [6.45, 7) is 1.73. The van der Waals surface area contributed by atoms with Crippen molar-refractivity contribution < 1.29 is 22.6 Å². The Morgan fingerprint density at radius 1 is 0.970 bits per heavy atom. The quantitative estimate of drug-likeness (QED) is 0.690. The molecule has 2 fully saturated rings. The zero-order valence-electron chi connectivity index (χ0n) is 17.3. The highest BCUT2D eigenvalue weighted by Gasteiger charge is 2.80. The van der Waals surface area contributed by atoms with Crippen LogP contribution in [0.1, 0.15) is 36.1 Å². The van der Waals surface area contributed by atoms with Gasteiger partial charge in [-0.2, -0.15) is 29.0 Å². The maximum absolute atomic E-state index is 13.1. The van der Waals surface area contributed by atoms with E-state index in [2.05, 4.69) is 0 Å². The molecule has 4 atom stereocenters. The summed E-state index contributed by atoms with van der Waals surface area (Å²) >= 11 is 0. The van der Waals surface area contributed by atoms with Crippen LogP contribution in [0.25, 0.3) is 0 Å². The summed E-state index contributed by atoms with van der Waals surface area (Å²) in [6, 6.07) is 18.2. The van der Waals surface area contributed by atoms with Gasteiger partial charge in [0.25, 0.3) is 0 Å². The van der Waals surface area contributed by atoms with Crippen molar-refractivity contribution in [2.45, 2.75) is 31.4 Å². The van der Waals surface area contributed by atoms with Gasteiger partial charge >= 0.3 is 6.18 Å². The van der Waals surface area contributed by atoms with E-state index in [1.807, 2.05) is 18.2 Å². The van der Waals surface area contributed by atoms with Gasteiger partial charge in [0, 0.05) is 5.56 Å². The Bertz CT molecular complexity index is 1210. The fourth-order valence-electron chi connectivity index (χ4n) is 5.05. The summed E-state index contributed by atoms with van der Waals surface area (Å²) in [5, 5.41) is 39.4. The molecule has 2 aromatic carbocycles. The molecule has 0 aromatic heterocycles. The first-order valence-electron chi connectivity index (χ1n) is 10.1. The minimum absolute atomic E-state index is 0.0962. The van der Waals surface area contributed by atoms with Crippen LogP contribution in [-0.2, 0) is 21.4 Å². The molecule has 166 valence electrons. The normalized spacial score (nSPS) is 29.9. The van der Waals surface area contributed by atoms with Crippen LogP contribution in [0.5, 0.6) is 0 Å². The number of alkyl halides is 3. The van der Waals surface area contributed by atoms with E-state index in [-0.39, 0.29) is 12.0 Å². The van der Waals surface area contributed by atoms with Crippen molar-refractivity contribution in [1.82, 2.24) is 0 Å². The number of nitriles is 3. The molecule has 4 unspecified atom stereocenters. The lowest BCUT2D eigenvalue weighted by atomic mass is 9.52. The van der Waals surface area contributed by atoms with Crippen molar-refractivity contribution in [3.63, 3.8) is 0 Å². The van der Waals surface area contributed by atoms with Gasteiger partial charge < -0.3 is 9.47 Å². The molecule has 0 radical (unpaired) electrons. The largest absolute Gasteiger partial charge is 0.443 e. The first-order valence-corrected chi connectivity index (χ1v) is 10.1. The Kier molecular flexibility index (Phi) is 4.96. The highest BCUT2D eigenvalue weighted by Crippen LogP contribution is 2.69. The van der Waals surface area contributed by atoms with Crippen molar-refractivity contribution in [3.8, 4) is 18.2 Å². The summed E-state index contributed by atoms with van der Waals surface area (Å²) in [7, 11) is 0. The topological polar surface area (TPSA) is 114 Å². The summed E-state index contributed by atoms with van der Waals surface area (Å²) in [5.41, 5.74) is -4.59. The van der Waals surface area contributed by atoms with Gasteiger partial charge in [0.15, 0.2) is 5.41 Å². The van der Waals surface area contributed by atoms with E-state index in [9.17, 15) is 29.0 Å². The Hall–Kier alpha value is -3.87. The Morgan fingerprint density at radius 3 is 2.06 bits per heavy atom. The van der Waals surface area contributed by atoms with Crippen molar-refractivity contribution in [2.24, 2.45) is 16.7 Å². The summed E-state index contributed by atoms with van der Waals surface area (Å²) in [5.74, 6) is -3.14. The number of fused-ring (bicyclic) bond motifs is 2. The third kappa shape index (κ3) is 2.71. The summed E-state index contributed by atoms with van der Waals surface area (Å²) in [4.78, 5) is 0. The molecular formula is C24H17F3N4O2. The maximum atomic E-state index is 13.1. The number of nitrogens with one attached hydrogen (secondary N) is 1. The molecule has 0 spiro atoms. The Labute approximate surface area is 187 Å². The van der Waals surface area contributed by atoms with Crippen LogP contribution in [0.4, 0.5) is 13.2 Å². The Morgan fingerprint density at radius 2 is 1.58 bits per heavy atom. The molecule has 4 rings (SSSR count). The van der Waals surface area contributed by atoms with Crippen molar-refractivity contribution in [2.75, 3.05) is 0 Å². The van der Waals surface area contributed by atoms with Crippen LogP contribution in [0, 0.1) is 56.2 Å². The number of ether oxygens (including phenoxy) is 2. The van der Waals surface area contributed by atoms with Gasteiger partial charge in [-0.25, -0.2) is 0 Å². The fourth-order valence-corrected chi connectivity index (χ4v) is 5.05. The van der Waals surface area contributed by atoms with Crippen molar-refractivity contribution >= 4 is 5.90 Å². The molecule has 9 heteroatoms. The molecule has 2 saturated heterocycles. The molecular weight excluding hydrogens is 433 g/mol. The van der Waals surface area contributed by atoms with E-state index in [0.29, 0.717) is 5.56 Å². The molecule has 2 aromatic rings. The van der Waals surface area contributed by atoms with Crippen LogP contribution < -0.4 is 0 Å². The van der Waals surface area contributed by atoms with Gasteiger partial charge in [0.05, 0.1) is 29.7 Å². The molecule has 1 N–H and O–H groups in total. The lowest BCUT2D eigenvalue weighted by molar-refractivity contribution is -0.292. The second-order valence-corrected chi connectivity index (χ2v) is 7.99. The average Bonchev–Trinajstić information content (AvgIpc) is 3.03. The number of rotatable bonds is 3. The standard InChI is InChI=1S/C24H17F3N4O2/c1-2-18-22(14-30)20(31)33-23(18,16-6-4-3-5-7-16)32-19(21(22,12-28)13-29)15-8-10-17(11-9-15)24(25,26)27/h3-11,18-19,31H,2H2,1H3. The molecule has 0 saturated carbocycles. The lowest BCUT2D eigenvalue weighted by Crippen LogP contribution is -2.58. The van der Waals surface area contributed by atoms with E-state index >= 15 is 0 Å². The number of hydrogen-bond donors (Lipinski definition) is 1. The summed E-state index contributed by atoms with van der Waals surface area (Å²) < 4.78 is 51.5. The first kappa shape index (κ1) is 22.3. The summed E-state index contributed by atoms with van der Waals surface area (Å²) in [6.07, 6.45) is -5.81. The Balaban J connectivity index is 2.01. The van der Waals surface area contributed by atoms with E-state index in [1.54, 1.807) is 37.3 Å². The second kappa shape index (κ2) is 7.33. The van der Waals surface area contributed by atoms with Gasteiger partial charge in [-0.15, -0.1) is 0 Å². The lowest BCUT2D eigenvalue weighted by Gasteiger charge is -2.49. The minimum Gasteiger partial charge on any atom is -0.443 e. The molecule has 2 heterocycles. The van der Waals surface area contributed by atoms with E-state index in [4.69, 9.17) is 14.9 Å². The number of hydrogen-bond acceptors (Lipinski definition) is 6. The maximum Gasteiger partial charge on any atom is 0.416 e. The van der Waals surface area contributed by atoms with Crippen LogP contribution >= 0.6 is 0 Å². The molecule has 33 heavy (non-hydrogen) atoms. The highest BCUT2D eigenvalue weighted by atomic mass is 19.4. The molecule has 6 nitrogen and oxygen atoms in total. The zero-order valence-corrected chi connectivity index (χ0v) is 17.3. The van der Waals surface area contributed by atoms with E-state index in [0.717, 1.165) is 24.3 Å². The molecule has 2 aliphatic heterocycles.